The highest BCUT2D eigenvalue weighted by Gasteiger charge is 2.31. The van der Waals surface area contributed by atoms with Crippen molar-refractivity contribution in [3.8, 4) is 0 Å². The van der Waals surface area contributed by atoms with E-state index in [9.17, 15) is 0 Å². The van der Waals surface area contributed by atoms with Crippen molar-refractivity contribution in [3.63, 3.8) is 0 Å². The Balaban J connectivity index is 1.73. The molecule has 2 heterocycles. The van der Waals surface area contributed by atoms with Gasteiger partial charge in [0, 0.05) is 32.2 Å². The van der Waals surface area contributed by atoms with Crippen molar-refractivity contribution in [3.05, 3.63) is 35.9 Å². The second kappa shape index (κ2) is 6.25. The first-order valence-electron chi connectivity index (χ1n) is 7.92. The summed E-state index contributed by atoms with van der Waals surface area (Å²) >= 11 is 0. The molecule has 1 aromatic rings. The molecule has 1 N–H and O–H groups in total. The molecule has 3 nitrogen and oxygen atoms in total. The van der Waals surface area contributed by atoms with Gasteiger partial charge >= 0.3 is 0 Å². The highest BCUT2D eigenvalue weighted by molar-refractivity contribution is 5.20. The highest BCUT2D eigenvalue weighted by atomic mass is 15.3. The van der Waals surface area contributed by atoms with Gasteiger partial charge in [0.15, 0.2) is 0 Å². The van der Waals surface area contributed by atoms with Crippen molar-refractivity contribution in [2.75, 3.05) is 46.3 Å². The largest absolute Gasteiger partial charge is 0.316 e. The Hall–Kier alpha value is -0.900. The quantitative estimate of drug-likeness (QED) is 0.906. The number of benzene rings is 1. The summed E-state index contributed by atoms with van der Waals surface area (Å²) in [6, 6.07) is 11.6. The molecular formula is C17H27N3. The van der Waals surface area contributed by atoms with Crippen LogP contribution in [0.4, 0.5) is 0 Å². The van der Waals surface area contributed by atoms with Crippen LogP contribution in [0.2, 0.25) is 0 Å². The Labute approximate surface area is 123 Å². The van der Waals surface area contributed by atoms with E-state index in [-0.39, 0.29) is 0 Å². The summed E-state index contributed by atoms with van der Waals surface area (Å²) in [5.41, 5.74) is 1.47. The smallest absolute Gasteiger partial charge is 0.0475 e. The molecule has 0 bridgehead atoms. The highest BCUT2D eigenvalue weighted by Crippen LogP contribution is 2.28. The Morgan fingerprint density at radius 2 is 1.95 bits per heavy atom. The molecular weight excluding hydrogens is 246 g/mol. The molecule has 110 valence electrons. The number of rotatable bonds is 3. The maximum absolute atomic E-state index is 3.54. The SMILES string of the molecule is C[C@@H]1CNC[C@H]1CN1CCN(C)CC1c1ccccc1. The molecule has 0 aliphatic carbocycles. The van der Waals surface area contributed by atoms with Crippen LogP contribution in [0.3, 0.4) is 0 Å². The molecule has 2 aliphatic rings. The normalized spacial score (nSPS) is 32.6. The summed E-state index contributed by atoms with van der Waals surface area (Å²) in [7, 11) is 2.24. The van der Waals surface area contributed by atoms with Gasteiger partial charge < -0.3 is 10.2 Å². The minimum absolute atomic E-state index is 0.558. The molecule has 0 amide bonds. The Morgan fingerprint density at radius 1 is 1.15 bits per heavy atom. The van der Waals surface area contributed by atoms with E-state index >= 15 is 0 Å². The fraction of sp³-hybridized carbons (Fsp3) is 0.647. The van der Waals surface area contributed by atoms with Gasteiger partial charge in [-0.1, -0.05) is 37.3 Å². The summed E-state index contributed by atoms with van der Waals surface area (Å²) in [5.74, 6) is 1.62. The molecule has 2 fully saturated rings. The van der Waals surface area contributed by atoms with Gasteiger partial charge in [-0.15, -0.1) is 0 Å². The zero-order valence-electron chi connectivity index (χ0n) is 12.8. The Kier molecular flexibility index (Phi) is 4.39. The standard InChI is InChI=1S/C17H27N3/c1-14-10-18-11-16(14)12-20-9-8-19(2)13-17(20)15-6-4-3-5-7-15/h3-7,14,16-18H,8-13H2,1-2H3/t14-,16+,17?/m1/s1. The van der Waals surface area contributed by atoms with E-state index in [1.807, 2.05) is 0 Å². The Bertz CT molecular complexity index is 420. The second-order valence-corrected chi connectivity index (χ2v) is 6.58. The number of nitrogens with one attached hydrogen (secondary N) is 1. The van der Waals surface area contributed by atoms with Gasteiger partial charge in [0.1, 0.15) is 0 Å². The van der Waals surface area contributed by atoms with Gasteiger partial charge in [-0.2, -0.15) is 0 Å². The molecule has 1 unspecified atom stereocenters. The van der Waals surface area contributed by atoms with E-state index in [2.05, 4.69) is 59.4 Å². The molecule has 3 rings (SSSR count). The van der Waals surface area contributed by atoms with Crippen LogP contribution < -0.4 is 5.32 Å². The minimum Gasteiger partial charge on any atom is -0.316 e. The third-order valence-electron chi connectivity index (χ3n) is 5.03. The lowest BCUT2D eigenvalue weighted by atomic mass is 9.95. The summed E-state index contributed by atoms with van der Waals surface area (Å²) in [5, 5.41) is 3.54. The van der Waals surface area contributed by atoms with Crippen LogP contribution in [0, 0.1) is 11.8 Å². The van der Waals surface area contributed by atoms with Crippen molar-refractivity contribution in [1.29, 1.82) is 0 Å². The molecule has 3 heteroatoms. The van der Waals surface area contributed by atoms with Crippen LogP contribution in [0.25, 0.3) is 0 Å². The van der Waals surface area contributed by atoms with Crippen LogP contribution in [-0.2, 0) is 0 Å². The third kappa shape index (κ3) is 3.05. The molecule has 2 aliphatic heterocycles. The van der Waals surface area contributed by atoms with E-state index in [0.717, 1.165) is 18.4 Å². The second-order valence-electron chi connectivity index (χ2n) is 6.58. The minimum atomic E-state index is 0.558. The van der Waals surface area contributed by atoms with Gasteiger partial charge in [0.2, 0.25) is 0 Å². The van der Waals surface area contributed by atoms with Gasteiger partial charge in [-0.25, -0.2) is 0 Å². The van der Waals surface area contributed by atoms with E-state index in [1.165, 1.54) is 38.3 Å². The lowest BCUT2D eigenvalue weighted by molar-refractivity contribution is 0.0722. The third-order valence-corrected chi connectivity index (χ3v) is 5.03. The maximum Gasteiger partial charge on any atom is 0.0475 e. The molecule has 0 radical (unpaired) electrons. The van der Waals surface area contributed by atoms with Crippen molar-refractivity contribution in [2.24, 2.45) is 11.8 Å². The van der Waals surface area contributed by atoms with Crippen molar-refractivity contribution in [2.45, 2.75) is 13.0 Å². The molecule has 0 saturated carbocycles. The molecule has 2 saturated heterocycles. The predicted octanol–water partition coefficient (Wildman–Crippen LogP) is 1.83. The molecule has 20 heavy (non-hydrogen) atoms. The summed E-state index contributed by atoms with van der Waals surface area (Å²) in [6.07, 6.45) is 0. The first-order chi connectivity index (χ1) is 9.74. The lowest BCUT2D eigenvalue weighted by Crippen LogP contribution is -2.48. The van der Waals surface area contributed by atoms with Crippen LogP contribution in [0.5, 0.6) is 0 Å². The average molecular weight is 273 g/mol. The molecule has 3 atom stereocenters. The van der Waals surface area contributed by atoms with Gasteiger partial charge in [0.25, 0.3) is 0 Å². The van der Waals surface area contributed by atoms with E-state index in [4.69, 9.17) is 0 Å². The zero-order chi connectivity index (χ0) is 13.9. The Morgan fingerprint density at radius 3 is 2.65 bits per heavy atom. The monoisotopic (exact) mass is 273 g/mol. The summed E-state index contributed by atoms with van der Waals surface area (Å²) in [6.45, 7) is 9.54. The predicted molar refractivity (Wildman–Crippen MR) is 83.8 cm³/mol. The topological polar surface area (TPSA) is 18.5 Å². The number of likely N-dealkylation sites (N-methyl/N-ethyl adjacent to an activating group) is 1. The van der Waals surface area contributed by atoms with Crippen LogP contribution >= 0.6 is 0 Å². The van der Waals surface area contributed by atoms with Crippen molar-refractivity contribution in [1.82, 2.24) is 15.1 Å². The molecule has 0 spiro atoms. The van der Waals surface area contributed by atoms with Gasteiger partial charge in [0.05, 0.1) is 0 Å². The van der Waals surface area contributed by atoms with Crippen LogP contribution in [0.1, 0.15) is 18.5 Å². The zero-order valence-corrected chi connectivity index (χ0v) is 12.8. The fourth-order valence-corrected chi connectivity index (χ4v) is 3.58. The van der Waals surface area contributed by atoms with Crippen molar-refractivity contribution >= 4 is 0 Å². The van der Waals surface area contributed by atoms with Gasteiger partial charge in [-0.3, -0.25) is 4.90 Å². The lowest BCUT2D eigenvalue weighted by Gasteiger charge is -2.42. The van der Waals surface area contributed by atoms with E-state index in [0.29, 0.717) is 6.04 Å². The fourth-order valence-electron chi connectivity index (χ4n) is 3.58. The first-order valence-corrected chi connectivity index (χ1v) is 7.92. The van der Waals surface area contributed by atoms with Crippen LogP contribution in [-0.4, -0.2) is 56.1 Å². The van der Waals surface area contributed by atoms with Crippen LogP contribution in [0.15, 0.2) is 30.3 Å². The number of hydrogen-bond donors (Lipinski definition) is 1. The van der Waals surface area contributed by atoms with Crippen molar-refractivity contribution < 1.29 is 0 Å². The molecule has 1 aromatic carbocycles. The van der Waals surface area contributed by atoms with E-state index < -0.39 is 0 Å². The van der Waals surface area contributed by atoms with E-state index in [1.54, 1.807) is 0 Å². The number of hydrogen-bond acceptors (Lipinski definition) is 3. The van der Waals surface area contributed by atoms with Gasteiger partial charge in [-0.05, 0) is 37.5 Å². The molecule has 0 aromatic heterocycles. The average Bonchev–Trinajstić information content (AvgIpc) is 2.87. The number of piperazine rings is 1. The summed E-state index contributed by atoms with van der Waals surface area (Å²) < 4.78 is 0. The summed E-state index contributed by atoms with van der Waals surface area (Å²) in [4.78, 5) is 5.17. The maximum atomic E-state index is 3.54. The first kappa shape index (κ1) is 14.1. The number of nitrogens with zero attached hydrogens (tertiary/aromatic N) is 2.